The fourth-order valence-corrected chi connectivity index (χ4v) is 5.20. The summed E-state index contributed by atoms with van der Waals surface area (Å²) >= 11 is 0. The fourth-order valence-electron chi connectivity index (χ4n) is 5.20. The molecule has 1 aliphatic carbocycles. The van der Waals surface area contributed by atoms with Crippen LogP contribution in [0.4, 0.5) is 0 Å². The molecule has 0 amide bonds. The SMILES string of the molecule is Cc1cc(C)cc(C2=C(C=C[C@H]3C[C@H](O)CC(=O)O3)C(C)(C)CC(C)(C)C2)c1. The van der Waals surface area contributed by atoms with Crippen LogP contribution >= 0.6 is 0 Å². The quantitative estimate of drug-likeness (QED) is 0.700. The molecule has 1 N–H and O–H groups in total. The minimum atomic E-state index is -0.609. The van der Waals surface area contributed by atoms with Gasteiger partial charge in [0.25, 0.3) is 0 Å². The van der Waals surface area contributed by atoms with E-state index in [1.807, 2.05) is 6.08 Å². The second kappa shape index (κ2) is 7.51. The molecule has 0 spiro atoms. The van der Waals surface area contributed by atoms with E-state index in [2.05, 4.69) is 65.8 Å². The molecule has 3 rings (SSSR count). The van der Waals surface area contributed by atoms with Gasteiger partial charge in [-0.05, 0) is 60.3 Å². The number of carbonyl (C=O) groups is 1. The molecule has 1 aromatic carbocycles. The highest BCUT2D eigenvalue weighted by Crippen LogP contribution is 2.52. The van der Waals surface area contributed by atoms with Crippen LogP contribution in [0.2, 0.25) is 0 Å². The molecule has 28 heavy (non-hydrogen) atoms. The molecule has 3 heteroatoms. The van der Waals surface area contributed by atoms with Gasteiger partial charge in [-0.25, -0.2) is 0 Å². The Morgan fingerprint density at radius 1 is 1.11 bits per heavy atom. The molecule has 0 unspecified atom stereocenters. The van der Waals surface area contributed by atoms with Crippen molar-refractivity contribution in [2.24, 2.45) is 10.8 Å². The standard InChI is InChI=1S/C25H34O3/c1-16-9-17(2)11-18(10-16)21-14-24(3,4)15-25(5,6)22(21)8-7-20-12-19(26)13-23(27)28-20/h7-11,19-20,26H,12-15H2,1-6H3/t19-,20-/m0/s1. The van der Waals surface area contributed by atoms with Gasteiger partial charge >= 0.3 is 5.97 Å². The van der Waals surface area contributed by atoms with E-state index >= 15 is 0 Å². The average molecular weight is 383 g/mol. The zero-order valence-corrected chi connectivity index (χ0v) is 18.1. The molecule has 1 aromatic rings. The topological polar surface area (TPSA) is 46.5 Å². The third-order valence-electron chi connectivity index (χ3n) is 5.87. The van der Waals surface area contributed by atoms with E-state index in [0.717, 1.165) is 12.8 Å². The van der Waals surface area contributed by atoms with Gasteiger partial charge in [0.05, 0.1) is 12.5 Å². The Morgan fingerprint density at radius 3 is 2.36 bits per heavy atom. The molecular formula is C25H34O3. The number of cyclic esters (lactones) is 1. The molecule has 1 aliphatic heterocycles. The van der Waals surface area contributed by atoms with Crippen molar-refractivity contribution in [1.82, 2.24) is 0 Å². The van der Waals surface area contributed by atoms with Gasteiger partial charge in [-0.3, -0.25) is 4.79 Å². The number of hydrogen-bond donors (Lipinski definition) is 1. The van der Waals surface area contributed by atoms with Crippen molar-refractivity contribution in [2.75, 3.05) is 0 Å². The highest BCUT2D eigenvalue weighted by molar-refractivity contribution is 5.75. The fraction of sp³-hybridized carbons (Fsp3) is 0.560. The predicted molar refractivity (Wildman–Crippen MR) is 114 cm³/mol. The van der Waals surface area contributed by atoms with E-state index in [1.54, 1.807) is 0 Å². The normalized spacial score (nSPS) is 27.2. The summed E-state index contributed by atoms with van der Waals surface area (Å²) in [7, 11) is 0. The van der Waals surface area contributed by atoms with Gasteiger partial charge < -0.3 is 9.84 Å². The smallest absolute Gasteiger partial charge is 0.309 e. The maximum Gasteiger partial charge on any atom is 0.309 e. The summed E-state index contributed by atoms with van der Waals surface area (Å²) in [6.07, 6.45) is 5.85. The zero-order chi connectivity index (χ0) is 20.7. The summed E-state index contributed by atoms with van der Waals surface area (Å²) < 4.78 is 5.43. The lowest BCUT2D eigenvalue weighted by molar-refractivity contribution is -0.156. The van der Waals surface area contributed by atoms with Gasteiger partial charge in [-0.2, -0.15) is 0 Å². The van der Waals surface area contributed by atoms with Gasteiger partial charge in [0.1, 0.15) is 6.10 Å². The van der Waals surface area contributed by atoms with E-state index in [4.69, 9.17) is 4.74 Å². The van der Waals surface area contributed by atoms with Crippen molar-refractivity contribution < 1.29 is 14.6 Å². The lowest BCUT2D eigenvalue weighted by Crippen LogP contribution is -2.32. The lowest BCUT2D eigenvalue weighted by atomic mass is 9.61. The summed E-state index contributed by atoms with van der Waals surface area (Å²) in [5.74, 6) is -0.319. The number of allylic oxidation sites excluding steroid dienone is 3. The molecule has 2 atom stereocenters. The summed E-state index contributed by atoms with van der Waals surface area (Å²) in [6.45, 7) is 13.6. The van der Waals surface area contributed by atoms with Gasteiger partial charge in [0.15, 0.2) is 0 Å². The first-order valence-corrected chi connectivity index (χ1v) is 10.3. The molecule has 152 valence electrons. The van der Waals surface area contributed by atoms with Crippen molar-refractivity contribution >= 4 is 11.5 Å². The molecular weight excluding hydrogens is 348 g/mol. The van der Waals surface area contributed by atoms with Crippen LogP contribution in [0, 0.1) is 24.7 Å². The zero-order valence-electron chi connectivity index (χ0n) is 18.1. The molecule has 1 saturated heterocycles. The van der Waals surface area contributed by atoms with E-state index in [0.29, 0.717) is 6.42 Å². The second-order valence-corrected chi connectivity index (χ2v) is 10.2. The summed E-state index contributed by atoms with van der Waals surface area (Å²) in [6, 6.07) is 6.76. The molecule has 0 bridgehead atoms. The first-order valence-electron chi connectivity index (χ1n) is 10.3. The van der Waals surface area contributed by atoms with Crippen molar-refractivity contribution in [2.45, 2.75) is 79.4 Å². The van der Waals surface area contributed by atoms with E-state index in [1.165, 1.54) is 27.8 Å². The van der Waals surface area contributed by atoms with Crippen LogP contribution in [0.3, 0.4) is 0 Å². The average Bonchev–Trinajstić information content (AvgIpc) is 2.49. The Morgan fingerprint density at radius 2 is 1.75 bits per heavy atom. The maximum atomic E-state index is 11.7. The number of ether oxygens (including phenoxy) is 1. The van der Waals surface area contributed by atoms with Crippen molar-refractivity contribution in [1.29, 1.82) is 0 Å². The van der Waals surface area contributed by atoms with E-state index < -0.39 is 6.10 Å². The number of aryl methyl sites for hydroxylation is 2. The second-order valence-electron chi connectivity index (χ2n) is 10.2. The maximum absolute atomic E-state index is 11.7. The Balaban J connectivity index is 2.06. The molecule has 1 heterocycles. The highest BCUT2D eigenvalue weighted by Gasteiger charge is 2.38. The van der Waals surface area contributed by atoms with Gasteiger partial charge in [-0.15, -0.1) is 0 Å². The van der Waals surface area contributed by atoms with E-state index in [-0.39, 0.29) is 29.3 Å². The summed E-state index contributed by atoms with van der Waals surface area (Å²) in [5.41, 5.74) is 6.77. The Hall–Kier alpha value is -1.87. The molecule has 0 aromatic heterocycles. The minimum absolute atomic E-state index is 0.0164. The summed E-state index contributed by atoms with van der Waals surface area (Å²) in [4.78, 5) is 11.7. The van der Waals surface area contributed by atoms with Crippen LogP contribution in [0.15, 0.2) is 35.9 Å². The first-order chi connectivity index (χ1) is 12.9. The number of carbonyl (C=O) groups excluding carboxylic acids is 1. The number of benzene rings is 1. The van der Waals surface area contributed by atoms with Crippen LogP contribution in [-0.4, -0.2) is 23.3 Å². The molecule has 1 fully saturated rings. The predicted octanol–water partition coefficient (Wildman–Crippen LogP) is 5.53. The highest BCUT2D eigenvalue weighted by atomic mass is 16.5. The number of aliphatic hydroxyl groups excluding tert-OH is 1. The van der Waals surface area contributed by atoms with Crippen LogP contribution in [-0.2, 0) is 9.53 Å². The largest absolute Gasteiger partial charge is 0.458 e. The van der Waals surface area contributed by atoms with Crippen LogP contribution in [0.25, 0.3) is 5.57 Å². The Kier molecular flexibility index (Phi) is 5.60. The number of esters is 1. The Bertz CT molecular complexity index is 806. The third-order valence-corrected chi connectivity index (χ3v) is 5.87. The van der Waals surface area contributed by atoms with Crippen molar-refractivity contribution in [3.05, 3.63) is 52.6 Å². The number of rotatable bonds is 3. The van der Waals surface area contributed by atoms with Crippen LogP contribution < -0.4 is 0 Å². The molecule has 0 radical (unpaired) electrons. The van der Waals surface area contributed by atoms with Crippen LogP contribution in [0.5, 0.6) is 0 Å². The number of hydrogen-bond acceptors (Lipinski definition) is 3. The molecule has 3 nitrogen and oxygen atoms in total. The third kappa shape index (κ3) is 4.75. The number of aliphatic hydroxyl groups is 1. The molecule has 2 aliphatic rings. The monoisotopic (exact) mass is 382 g/mol. The Labute approximate surface area is 169 Å². The van der Waals surface area contributed by atoms with Gasteiger partial charge in [-0.1, -0.05) is 63.1 Å². The van der Waals surface area contributed by atoms with Crippen LogP contribution in [0.1, 0.15) is 70.1 Å². The van der Waals surface area contributed by atoms with Crippen molar-refractivity contribution in [3.8, 4) is 0 Å². The first kappa shape index (κ1) is 20.9. The molecule has 0 saturated carbocycles. The van der Waals surface area contributed by atoms with Crippen molar-refractivity contribution in [3.63, 3.8) is 0 Å². The van der Waals surface area contributed by atoms with Gasteiger partial charge in [0.2, 0.25) is 0 Å². The van der Waals surface area contributed by atoms with E-state index in [9.17, 15) is 9.90 Å². The van der Waals surface area contributed by atoms with Gasteiger partial charge in [0, 0.05) is 6.42 Å². The lowest BCUT2D eigenvalue weighted by Gasteiger charge is -2.43. The minimum Gasteiger partial charge on any atom is -0.458 e. The summed E-state index contributed by atoms with van der Waals surface area (Å²) in [5, 5.41) is 9.90.